The summed E-state index contributed by atoms with van der Waals surface area (Å²) >= 11 is 0. The molecule has 3 rings (SSSR count). The van der Waals surface area contributed by atoms with E-state index in [1.807, 2.05) is 6.07 Å². The molecule has 0 aromatic heterocycles. The first kappa shape index (κ1) is 24.0. The Morgan fingerprint density at radius 2 is 1.45 bits per heavy atom. The minimum absolute atomic E-state index is 0.00113. The molecular formula is C21H23F6O3S+. The van der Waals surface area contributed by atoms with Gasteiger partial charge in [0.1, 0.15) is 30.7 Å². The summed E-state index contributed by atoms with van der Waals surface area (Å²) in [5.41, 5.74) is -4.51. The van der Waals surface area contributed by atoms with Gasteiger partial charge in [-0.3, -0.25) is 0 Å². The summed E-state index contributed by atoms with van der Waals surface area (Å²) in [4.78, 5) is 1.07. The van der Waals surface area contributed by atoms with Gasteiger partial charge in [0, 0.05) is 28.8 Å². The highest BCUT2D eigenvalue weighted by Gasteiger charge is 2.73. The maximum Gasteiger partial charge on any atom is 0.430 e. The van der Waals surface area contributed by atoms with E-state index in [1.54, 1.807) is 24.3 Å². The van der Waals surface area contributed by atoms with E-state index in [-0.39, 0.29) is 16.6 Å². The summed E-state index contributed by atoms with van der Waals surface area (Å²) < 4.78 is 94.9. The molecule has 1 aliphatic heterocycles. The van der Waals surface area contributed by atoms with E-state index in [1.165, 1.54) is 12.5 Å². The van der Waals surface area contributed by atoms with Crippen LogP contribution in [0.15, 0.2) is 41.3 Å². The first-order chi connectivity index (χ1) is 14.6. The third kappa shape index (κ3) is 4.90. The van der Waals surface area contributed by atoms with Crippen molar-refractivity contribution in [3.05, 3.63) is 36.4 Å². The molecule has 31 heavy (non-hydrogen) atoms. The lowest BCUT2D eigenvalue weighted by molar-refractivity contribution is -0.397. The quantitative estimate of drug-likeness (QED) is 0.289. The van der Waals surface area contributed by atoms with Crippen molar-refractivity contribution < 1.29 is 40.6 Å². The molecule has 0 atom stereocenters. The standard InChI is InChI=1S/C21H23F6O3S/c1-28-14-30-19(20(22,23)24,21(25,26)27)13-29-17-9-10-18(31-11-5-2-6-12-31)16-8-4-3-7-15(16)17/h3-4,7-10H,2,5-6,11-14H2,1H3/q+1. The van der Waals surface area contributed by atoms with E-state index in [4.69, 9.17) is 4.74 Å². The molecule has 1 aliphatic rings. The maximum atomic E-state index is 13.5. The summed E-state index contributed by atoms with van der Waals surface area (Å²) in [5.74, 6) is 2.00. The Kier molecular flexibility index (Phi) is 7.32. The van der Waals surface area contributed by atoms with Crippen molar-refractivity contribution in [2.75, 3.05) is 32.0 Å². The van der Waals surface area contributed by atoms with E-state index in [9.17, 15) is 26.3 Å². The molecule has 172 valence electrons. The predicted octanol–water partition coefficient (Wildman–Crippen LogP) is 5.86. The van der Waals surface area contributed by atoms with E-state index in [0.29, 0.717) is 5.39 Å². The van der Waals surface area contributed by atoms with Gasteiger partial charge in [0.2, 0.25) is 0 Å². The van der Waals surface area contributed by atoms with Gasteiger partial charge in [-0.1, -0.05) is 18.2 Å². The van der Waals surface area contributed by atoms with Gasteiger partial charge in [-0.2, -0.15) is 26.3 Å². The lowest BCUT2D eigenvalue weighted by atomic mass is 10.0. The van der Waals surface area contributed by atoms with Crippen LogP contribution in [0, 0.1) is 0 Å². The second-order valence-electron chi connectivity index (χ2n) is 7.23. The highest BCUT2D eigenvalue weighted by molar-refractivity contribution is 7.97. The smallest absolute Gasteiger partial charge is 0.430 e. The van der Waals surface area contributed by atoms with Crippen LogP contribution in [0.4, 0.5) is 26.3 Å². The summed E-state index contributed by atoms with van der Waals surface area (Å²) in [6.45, 7) is -2.97. The Bertz CT molecular complexity index is 864. The van der Waals surface area contributed by atoms with Crippen LogP contribution in [0.1, 0.15) is 19.3 Å². The molecule has 1 fully saturated rings. The third-order valence-corrected chi connectivity index (χ3v) is 7.75. The number of halogens is 6. The largest absolute Gasteiger partial charge is 0.489 e. The molecule has 0 aliphatic carbocycles. The van der Waals surface area contributed by atoms with Crippen molar-refractivity contribution in [2.24, 2.45) is 0 Å². The number of alkyl halides is 6. The van der Waals surface area contributed by atoms with Crippen LogP contribution in [0.2, 0.25) is 0 Å². The van der Waals surface area contributed by atoms with Gasteiger partial charge < -0.3 is 14.2 Å². The minimum Gasteiger partial charge on any atom is -0.489 e. The van der Waals surface area contributed by atoms with Crippen molar-refractivity contribution >= 4 is 21.7 Å². The molecule has 0 unspecified atom stereocenters. The zero-order valence-electron chi connectivity index (χ0n) is 16.8. The number of rotatable bonds is 7. The average molecular weight is 469 g/mol. The molecular weight excluding hydrogens is 446 g/mol. The van der Waals surface area contributed by atoms with Crippen molar-refractivity contribution in [3.8, 4) is 5.75 Å². The van der Waals surface area contributed by atoms with Crippen LogP contribution in [0.5, 0.6) is 5.75 Å². The van der Waals surface area contributed by atoms with E-state index >= 15 is 0 Å². The Morgan fingerprint density at radius 1 is 0.839 bits per heavy atom. The summed E-state index contributed by atoms with van der Waals surface area (Å²) in [5, 5.41) is 1.26. The molecule has 1 heterocycles. The molecule has 10 heteroatoms. The summed E-state index contributed by atoms with van der Waals surface area (Å²) in [6.07, 6.45) is -8.15. The van der Waals surface area contributed by atoms with Crippen molar-refractivity contribution in [1.82, 2.24) is 0 Å². The zero-order chi connectivity index (χ0) is 22.7. The van der Waals surface area contributed by atoms with E-state index in [0.717, 1.165) is 41.7 Å². The number of fused-ring (bicyclic) bond motifs is 1. The van der Waals surface area contributed by atoms with Crippen LogP contribution in [0.25, 0.3) is 10.8 Å². The van der Waals surface area contributed by atoms with Crippen molar-refractivity contribution in [2.45, 2.75) is 42.1 Å². The van der Waals surface area contributed by atoms with Gasteiger partial charge in [-0.05, 0) is 37.5 Å². The van der Waals surface area contributed by atoms with Gasteiger partial charge in [0.15, 0.2) is 4.90 Å². The van der Waals surface area contributed by atoms with Crippen molar-refractivity contribution in [1.29, 1.82) is 0 Å². The molecule has 0 amide bonds. The lowest BCUT2D eigenvalue weighted by Gasteiger charge is -2.36. The van der Waals surface area contributed by atoms with Crippen molar-refractivity contribution in [3.63, 3.8) is 0 Å². The molecule has 2 aromatic carbocycles. The Hall–Kier alpha value is -1.65. The number of methoxy groups -OCH3 is 1. The lowest BCUT2D eigenvalue weighted by Crippen LogP contribution is -2.62. The van der Waals surface area contributed by atoms with E-state index < -0.39 is 31.4 Å². The zero-order valence-corrected chi connectivity index (χ0v) is 17.6. The fourth-order valence-corrected chi connectivity index (χ4v) is 6.04. The first-order valence-electron chi connectivity index (χ1n) is 9.69. The van der Waals surface area contributed by atoms with Gasteiger partial charge >= 0.3 is 12.4 Å². The van der Waals surface area contributed by atoms with E-state index in [2.05, 4.69) is 9.47 Å². The van der Waals surface area contributed by atoms with Gasteiger partial charge in [0.05, 0.1) is 0 Å². The Labute approximate surface area is 179 Å². The normalized spacial score (nSPS) is 16.6. The fraction of sp³-hybridized carbons (Fsp3) is 0.524. The molecule has 0 spiro atoms. The monoisotopic (exact) mass is 469 g/mol. The molecule has 2 aromatic rings. The van der Waals surface area contributed by atoms with Gasteiger partial charge in [-0.25, -0.2) is 0 Å². The topological polar surface area (TPSA) is 27.7 Å². The maximum absolute atomic E-state index is 13.5. The highest BCUT2D eigenvalue weighted by atomic mass is 32.2. The van der Waals surface area contributed by atoms with Crippen LogP contribution in [-0.4, -0.2) is 50.0 Å². The SMILES string of the molecule is COCOC(COc1ccc([S+]2CCCCC2)c2ccccc12)(C(F)(F)F)C(F)(F)F. The number of hydrogen-bond acceptors (Lipinski definition) is 3. The molecule has 0 saturated carbocycles. The second kappa shape index (κ2) is 9.46. The highest BCUT2D eigenvalue weighted by Crippen LogP contribution is 2.46. The summed E-state index contributed by atoms with van der Waals surface area (Å²) in [7, 11) is 0.940. The third-order valence-electron chi connectivity index (χ3n) is 5.21. The molecule has 0 N–H and O–H groups in total. The minimum atomic E-state index is -5.76. The molecule has 1 saturated heterocycles. The number of ether oxygens (including phenoxy) is 3. The number of benzene rings is 2. The molecule has 0 bridgehead atoms. The Morgan fingerprint density at radius 3 is 2.03 bits per heavy atom. The predicted molar refractivity (Wildman–Crippen MR) is 106 cm³/mol. The number of hydrogen-bond donors (Lipinski definition) is 0. The molecule has 0 radical (unpaired) electrons. The average Bonchev–Trinajstić information content (AvgIpc) is 2.72. The Balaban J connectivity index is 1.96. The fourth-order valence-electron chi connectivity index (χ4n) is 3.54. The van der Waals surface area contributed by atoms with Gasteiger partial charge in [0.25, 0.3) is 5.60 Å². The second-order valence-corrected chi connectivity index (χ2v) is 9.47. The molecule has 3 nitrogen and oxygen atoms in total. The first-order valence-corrected chi connectivity index (χ1v) is 11.3. The summed E-state index contributed by atoms with van der Waals surface area (Å²) in [6, 6.07) is 10.1. The van der Waals surface area contributed by atoms with Crippen LogP contribution < -0.4 is 4.74 Å². The van der Waals surface area contributed by atoms with Crippen LogP contribution in [0.3, 0.4) is 0 Å². The van der Waals surface area contributed by atoms with Gasteiger partial charge in [-0.15, -0.1) is 0 Å². The van der Waals surface area contributed by atoms with Crippen LogP contribution >= 0.6 is 0 Å². The van der Waals surface area contributed by atoms with Crippen LogP contribution in [-0.2, 0) is 20.4 Å².